The quantitative estimate of drug-likeness (QED) is 0.478. The van der Waals surface area contributed by atoms with Crippen LogP contribution in [-0.4, -0.2) is 57.2 Å². The van der Waals surface area contributed by atoms with Crippen molar-refractivity contribution in [1.29, 1.82) is 5.26 Å². The highest BCUT2D eigenvalue weighted by atomic mass is 32.2. The van der Waals surface area contributed by atoms with E-state index in [9.17, 15) is 13.2 Å². The second-order valence-electron chi connectivity index (χ2n) is 7.16. The van der Waals surface area contributed by atoms with Crippen LogP contribution in [0.25, 0.3) is 0 Å². The van der Waals surface area contributed by atoms with Crippen LogP contribution in [0.3, 0.4) is 0 Å². The maximum Gasteiger partial charge on any atom is 0.328 e. The van der Waals surface area contributed by atoms with Gasteiger partial charge in [-0.15, -0.1) is 0 Å². The normalized spacial score (nSPS) is 14.7. The molecule has 8 nitrogen and oxygen atoms in total. The molecule has 0 radical (unpaired) electrons. The summed E-state index contributed by atoms with van der Waals surface area (Å²) in [7, 11) is -3.82. The van der Waals surface area contributed by atoms with Crippen LogP contribution in [0.1, 0.15) is 18.1 Å². The van der Waals surface area contributed by atoms with Crippen molar-refractivity contribution in [2.24, 2.45) is 0 Å². The molecule has 1 saturated heterocycles. The number of carbonyl (C=O) groups excluding carboxylic acids is 1. The Morgan fingerprint density at radius 2 is 1.84 bits per heavy atom. The molecule has 164 valence electrons. The van der Waals surface area contributed by atoms with Gasteiger partial charge in [0.15, 0.2) is 17.3 Å². The minimum absolute atomic E-state index is 0.0883. The molecule has 3 rings (SSSR count). The molecule has 0 atom stereocenters. The van der Waals surface area contributed by atoms with Crippen LogP contribution in [0.5, 0.6) is 11.5 Å². The highest BCUT2D eigenvalue weighted by Crippen LogP contribution is 2.28. The Labute approximate surface area is 182 Å². The number of nitriles is 1. The molecule has 0 saturated carbocycles. The summed E-state index contributed by atoms with van der Waals surface area (Å²) >= 11 is 0. The summed E-state index contributed by atoms with van der Waals surface area (Å²) in [6.07, 6.45) is 0. The van der Waals surface area contributed by atoms with E-state index in [1.165, 1.54) is 22.5 Å². The van der Waals surface area contributed by atoms with Crippen LogP contribution in [-0.2, 0) is 14.8 Å². The molecule has 1 heterocycles. The van der Waals surface area contributed by atoms with Gasteiger partial charge < -0.3 is 14.4 Å². The van der Waals surface area contributed by atoms with Gasteiger partial charge in [0.1, 0.15) is 0 Å². The van der Waals surface area contributed by atoms with Gasteiger partial charge in [-0.25, -0.2) is 8.42 Å². The Morgan fingerprint density at radius 3 is 2.48 bits per heavy atom. The molecule has 9 heteroatoms. The van der Waals surface area contributed by atoms with E-state index >= 15 is 0 Å². The molecule has 0 amide bonds. The lowest BCUT2D eigenvalue weighted by atomic mass is 10.2. The van der Waals surface area contributed by atoms with Crippen LogP contribution in [0.2, 0.25) is 0 Å². The molecular formula is C22H25N3O5S. The Bertz CT molecular complexity index is 1090. The van der Waals surface area contributed by atoms with Crippen molar-refractivity contribution in [3.63, 3.8) is 0 Å². The number of anilines is 1. The second-order valence-corrected chi connectivity index (χ2v) is 9.13. The molecule has 1 aliphatic heterocycles. The molecule has 0 N–H and O–H groups in total. The van der Waals surface area contributed by atoms with E-state index in [0.717, 1.165) is 11.3 Å². The van der Waals surface area contributed by atoms with E-state index in [0.29, 0.717) is 38.3 Å². The van der Waals surface area contributed by atoms with E-state index in [2.05, 4.69) is 11.0 Å². The number of esters is 1. The first-order valence-corrected chi connectivity index (χ1v) is 11.6. The van der Waals surface area contributed by atoms with Gasteiger partial charge in [0.05, 0.1) is 18.2 Å². The fourth-order valence-corrected chi connectivity index (χ4v) is 4.63. The van der Waals surface area contributed by atoms with Crippen LogP contribution in [0, 0.1) is 18.3 Å². The van der Waals surface area contributed by atoms with Gasteiger partial charge in [-0.3, -0.25) is 4.79 Å². The Kier molecular flexibility index (Phi) is 7.15. The summed E-state index contributed by atoms with van der Waals surface area (Å²) in [5, 5.41) is 9.00. The van der Waals surface area contributed by atoms with Crippen LogP contribution < -0.4 is 14.4 Å². The van der Waals surface area contributed by atoms with Gasteiger partial charge in [0.25, 0.3) is 0 Å². The van der Waals surface area contributed by atoms with E-state index in [-0.39, 0.29) is 11.5 Å². The van der Waals surface area contributed by atoms with E-state index in [1.54, 1.807) is 6.92 Å². The summed E-state index contributed by atoms with van der Waals surface area (Å²) in [5.41, 5.74) is 2.55. The predicted octanol–water partition coefficient (Wildman–Crippen LogP) is 2.32. The number of benzene rings is 2. The van der Waals surface area contributed by atoms with Crippen molar-refractivity contribution in [1.82, 2.24) is 4.31 Å². The van der Waals surface area contributed by atoms with Crippen LogP contribution in [0.4, 0.5) is 5.69 Å². The number of aryl methyl sites for hydroxylation is 1. The van der Waals surface area contributed by atoms with E-state index in [4.69, 9.17) is 14.7 Å². The molecular weight excluding hydrogens is 418 g/mol. The maximum absolute atomic E-state index is 12.7. The lowest BCUT2D eigenvalue weighted by Crippen LogP contribution is -2.50. The first kappa shape index (κ1) is 22.6. The lowest BCUT2D eigenvalue weighted by Gasteiger charge is -2.35. The lowest BCUT2D eigenvalue weighted by molar-refractivity contribution is -0.131. The molecule has 1 aliphatic rings. The molecule has 31 heavy (non-hydrogen) atoms. The van der Waals surface area contributed by atoms with Gasteiger partial charge in [-0.1, -0.05) is 12.1 Å². The summed E-state index contributed by atoms with van der Waals surface area (Å²) in [5.74, 6) is -1.35. The third-order valence-electron chi connectivity index (χ3n) is 4.90. The number of carbonyl (C=O) groups is 1. The molecule has 2 aromatic carbocycles. The van der Waals surface area contributed by atoms with Gasteiger partial charge in [-0.05, 0) is 43.7 Å². The monoisotopic (exact) mass is 443 g/mol. The summed E-state index contributed by atoms with van der Waals surface area (Å²) in [6, 6.07) is 14.4. The van der Waals surface area contributed by atoms with Crippen LogP contribution >= 0.6 is 0 Å². The minimum atomic E-state index is -3.82. The van der Waals surface area contributed by atoms with E-state index in [1.807, 2.05) is 31.2 Å². The number of ether oxygens (including phenoxy) is 2. The number of piperazine rings is 1. The van der Waals surface area contributed by atoms with Crippen molar-refractivity contribution in [2.45, 2.75) is 13.8 Å². The van der Waals surface area contributed by atoms with Gasteiger partial charge in [-0.2, -0.15) is 9.57 Å². The Hall–Kier alpha value is -3.09. The largest absolute Gasteiger partial charge is 0.490 e. The van der Waals surface area contributed by atoms with Crippen molar-refractivity contribution in [2.75, 3.05) is 43.4 Å². The SMILES string of the molecule is CCOc1cc(C#N)ccc1OC(=O)CS(=O)(=O)N1CCN(c2cccc(C)c2)CC1. The number of hydrogen-bond acceptors (Lipinski definition) is 7. The third kappa shape index (κ3) is 5.75. The summed E-state index contributed by atoms with van der Waals surface area (Å²) in [4.78, 5) is 14.5. The van der Waals surface area contributed by atoms with Gasteiger partial charge in [0, 0.05) is 37.9 Å². The summed E-state index contributed by atoms with van der Waals surface area (Å²) < 4.78 is 37.4. The molecule has 0 aromatic heterocycles. The fourth-order valence-electron chi connectivity index (χ4n) is 3.37. The first-order chi connectivity index (χ1) is 14.8. The standard InChI is InChI=1S/C22H25N3O5S/c1-3-29-21-14-18(15-23)7-8-20(21)30-22(26)16-31(27,28)25-11-9-24(10-12-25)19-6-4-5-17(2)13-19/h4-8,13-14H,3,9-12,16H2,1-2H3. The average molecular weight is 444 g/mol. The molecule has 0 bridgehead atoms. The van der Waals surface area contributed by atoms with Gasteiger partial charge in [0.2, 0.25) is 10.0 Å². The van der Waals surface area contributed by atoms with Gasteiger partial charge >= 0.3 is 5.97 Å². The zero-order valence-corrected chi connectivity index (χ0v) is 18.4. The van der Waals surface area contributed by atoms with Crippen molar-refractivity contribution >= 4 is 21.7 Å². The average Bonchev–Trinajstić information content (AvgIpc) is 2.75. The molecule has 2 aromatic rings. The predicted molar refractivity (Wildman–Crippen MR) is 117 cm³/mol. The van der Waals surface area contributed by atoms with Crippen molar-refractivity contribution < 1.29 is 22.7 Å². The van der Waals surface area contributed by atoms with E-state index < -0.39 is 21.7 Å². The topological polar surface area (TPSA) is 99.9 Å². The zero-order valence-electron chi connectivity index (χ0n) is 17.6. The fraction of sp³-hybridized carbons (Fsp3) is 0.364. The zero-order chi connectivity index (χ0) is 22.4. The Balaban J connectivity index is 1.61. The van der Waals surface area contributed by atoms with Crippen molar-refractivity contribution in [3.05, 3.63) is 53.6 Å². The number of nitrogens with zero attached hydrogens (tertiary/aromatic N) is 3. The van der Waals surface area contributed by atoms with Crippen molar-refractivity contribution in [3.8, 4) is 17.6 Å². The number of sulfonamides is 1. The minimum Gasteiger partial charge on any atom is -0.490 e. The molecule has 0 aliphatic carbocycles. The highest BCUT2D eigenvalue weighted by Gasteiger charge is 2.30. The maximum atomic E-state index is 12.7. The smallest absolute Gasteiger partial charge is 0.328 e. The number of rotatable bonds is 7. The second kappa shape index (κ2) is 9.81. The molecule has 0 unspecified atom stereocenters. The molecule has 1 fully saturated rings. The van der Waals surface area contributed by atoms with Crippen LogP contribution in [0.15, 0.2) is 42.5 Å². The third-order valence-corrected chi connectivity index (χ3v) is 6.65. The Morgan fingerprint density at radius 1 is 1.10 bits per heavy atom. The molecule has 0 spiro atoms. The first-order valence-electron chi connectivity index (χ1n) is 9.99. The number of hydrogen-bond donors (Lipinski definition) is 0. The highest BCUT2D eigenvalue weighted by molar-refractivity contribution is 7.89. The summed E-state index contributed by atoms with van der Waals surface area (Å²) in [6.45, 7) is 5.76.